The number of nitrogens with zero attached hydrogens (tertiary/aromatic N) is 1. The largest absolute Gasteiger partial charge is 0.548 e. The van der Waals surface area contributed by atoms with Crippen molar-refractivity contribution in [1.29, 1.82) is 0 Å². The van der Waals surface area contributed by atoms with E-state index >= 15 is 0 Å². The zero-order chi connectivity index (χ0) is 15.5. The summed E-state index contributed by atoms with van der Waals surface area (Å²) in [5.41, 5.74) is -1.10. The molecule has 20 heavy (non-hydrogen) atoms. The molecular formula is C15H22NO4-. The highest BCUT2D eigenvalue weighted by Gasteiger charge is 2.65. The highest BCUT2D eigenvalue weighted by Crippen LogP contribution is 2.60. The topological polar surface area (TPSA) is 77.5 Å². The molecule has 5 heteroatoms. The van der Waals surface area contributed by atoms with Crippen LogP contribution in [-0.4, -0.2) is 28.7 Å². The highest BCUT2D eigenvalue weighted by atomic mass is 16.4. The van der Waals surface area contributed by atoms with Crippen molar-refractivity contribution in [3.63, 3.8) is 0 Å². The van der Waals surface area contributed by atoms with Gasteiger partial charge in [0.25, 0.3) is 0 Å². The molecule has 1 saturated carbocycles. The molecule has 0 unspecified atom stereocenters. The van der Waals surface area contributed by atoms with Crippen LogP contribution in [0.2, 0.25) is 0 Å². The van der Waals surface area contributed by atoms with Crippen LogP contribution in [-0.2, 0) is 14.4 Å². The summed E-state index contributed by atoms with van der Waals surface area (Å²) in [4.78, 5) is 37.8. The molecule has 112 valence electrons. The van der Waals surface area contributed by atoms with Crippen molar-refractivity contribution in [1.82, 2.24) is 4.90 Å². The fraction of sp³-hybridized carbons (Fsp3) is 0.800. The predicted molar refractivity (Wildman–Crippen MR) is 70.1 cm³/mol. The Morgan fingerprint density at radius 1 is 1.30 bits per heavy atom. The van der Waals surface area contributed by atoms with Gasteiger partial charge in [0.1, 0.15) is 0 Å². The summed E-state index contributed by atoms with van der Waals surface area (Å²) >= 11 is 0. The van der Waals surface area contributed by atoms with Crippen molar-refractivity contribution in [3.8, 4) is 0 Å². The number of amides is 2. The lowest BCUT2D eigenvalue weighted by Gasteiger charge is -2.50. The second kappa shape index (κ2) is 4.30. The molecule has 1 aliphatic heterocycles. The van der Waals surface area contributed by atoms with E-state index in [-0.39, 0.29) is 23.7 Å². The van der Waals surface area contributed by atoms with Gasteiger partial charge in [0.05, 0.1) is 17.4 Å². The maximum absolute atomic E-state index is 12.8. The number of carboxylic acids is 1. The zero-order valence-electron chi connectivity index (χ0n) is 12.7. The van der Waals surface area contributed by atoms with E-state index in [4.69, 9.17) is 0 Å². The third-order valence-electron chi connectivity index (χ3n) is 5.60. The molecule has 2 aliphatic rings. The molecule has 0 aromatic rings. The van der Waals surface area contributed by atoms with Crippen LogP contribution < -0.4 is 5.11 Å². The number of hydrogen-bond acceptors (Lipinski definition) is 4. The standard InChI is InChI=1S/C15H23NO4/c1-8(2)10(12(18)19)16-11(17)9-6-7-15(5,13(16)20)14(9,3)4/h8-10H,6-7H2,1-5H3,(H,18,19)/p-1/t9-,10+,15-/m0/s1. The lowest BCUT2D eigenvalue weighted by molar-refractivity contribution is -0.313. The Bertz CT molecular complexity index is 482. The van der Waals surface area contributed by atoms with Crippen LogP contribution in [0.25, 0.3) is 0 Å². The minimum absolute atomic E-state index is 0.286. The van der Waals surface area contributed by atoms with Gasteiger partial charge in [-0.3, -0.25) is 14.5 Å². The van der Waals surface area contributed by atoms with Crippen molar-refractivity contribution in [3.05, 3.63) is 0 Å². The summed E-state index contributed by atoms with van der Waals surface area (Å²) in [6.07, 6.45) is 1.27. The molecule has 1 saturated heterocycles. The molecule has 0 N–H and O–H groups in total. The van der Waals surface area contributed by atoms with Gasteiger partial charge in [0.2, 0.25) is 11.8 Å². The van der Waals surface area contributed by atoms with Gasteiger partial charge in [-0.05, 0) is 24.2 Å². The maximum atomic E-state index is 12.8. The first kappa shape index (κ1) is 15.0. The van der Waals surface area contributed by atoms with Gasteiger partial charge in [-0.1, -0.05) is 34.6 Å². The van der Waals surface area contributed by atoms with Crippen LogP contribution in [0.3, 0.4) is 0 Å². The molecule has 3 atom stereocenters. The Morgan fingerprint density at radius 3 is 2.30 bits per heavy atom. The number of carbonyl (C=O) groups excluding carboxylic acids is 3. The van der Waals surface area contributed by atoms with Gasteiger partial charge in [-0.25, -0.2) is 0 Å². The van der Waals surface area contributed by atoms with Crippen molar-refractivity contribution < 1.29 is 19.5 Å². The third-order valence-corrected chi connectivity index (χ3v) is 5.60. The van der Waals surface area contributed by atoms with Gasteiger partial charge in [0.15, 0.2) is 0 Å². The summed E-state index contributed by atoms with van der Waals surface area (Å²) < 4.78 is 0. The minimum Gasteiger partial charge on any atom is -0.548 e. The number of piperidine rings is 1. The highest BCUT2D eigenvalue weighted by molar-refractivity contribution is 6.06. The zero-order valence-corrected chi connectivity index (χ0v) is 12.7. The molecule has 2 bridgehead atoms. The Balaban J connectivity index is 2.51. The molecule has 1 heterocycles. The molecular weight excluding hydrogens is 258 g/mol. The number of aliphatic carboxylic acids is 1. The van der Waals surface area contributed by atoms with E-state index in [1.54, 1.807) is 13.8 Å². The molecule has 0 spiro atoms. The van der Waals surface area contributed by atoms with Crippen LogP contribution in [0.5, 0.6) is 0 Å². The maximum Gasteiger partial charge on any atom is 0.236 e. The SMILES string of the molecule is CC(C)[C@H](C(=O)[O-])N1C(=O)[C@@H]2CC[C@@](C)(C1=O)C2(C)C. The number of carboxylic acid groups (broad SMARTS) is 1. The minimum atomic E-state index is -1.36. The Kier molecular flexibility index (Phi) is 3.23. The summed E-state index contributed by atoms with van der Waals surface area (Å²) in [6, 6.07) is -1.17. The number of fused-ring (bicyclic) bond motifs is 2. The summed E-state index contributed by atoms with van der Waals surface area (Å²) in [6.45, 7) is 9.08. The summed E-state index contributed by atoms with van der Waals surface area (Å²) in [5, 5.41) is 11.4. The Labute approximate surface area is 119 Å². The molecule has 2 rings (SSSR count). The van der Waals surface area contributed by atoms with E-state index in [1.165, 1.54) is 0 Å². The number of likely N-dealkylation sites (tertiary alicyclic amines) is 1. The Hall–Kier alpha value is -1.39. The van der Waals surface area contributed by atoms with E-state index in [0.717, 1.165) is 4.90 Å². The fourth-order valence-electron chi connectivity index (χ4n) is 3.79. The average molecular weight is 280 g/mol. The Morgan fingerprint density at radius 2 is 1.85 bits per heavy atom. The van der Waals surface area contributed by atoms with Gasteiger partial charge < -0.3 is 9.90 Å². The lowest BCUT2D eigenvalue weighted by atomic mass is 9.62. The number of carbonyl (C=O) groups is 3. The van der Waals surface area contributed by atoms with Crippen LogP contribution in [0.1, 0.15) is 47.5 Å². The molecule has 2 amide bonds. The van der Waals surface area contributed by atoms with Gasteiger partial charge in [-0.15, -0.1) is 0 Å². The van der Waals surface area contributed by atoms with Crippen LogP contribution in [0, 0.1) is 22.7 Å². The second-order valence-corrected chi connectivity index (χ2v) is 7.17. The molecule has 5 nitrogen and oxygen atoms in total. The quantitative estimate of drug-likeness (QED) is 0.708. The molecule has 2 fully saturated rings. The molecule has 1 aliphatic carbocycles. The van der Waals surface area contributed by atoms with E-state index in [2.05, 4.69) is 0 Å². The summed E-state index contributed by atoms with van der Waals surface area (Å²) in [5.74, 6) is -2.71. The van der Waals surface area contributed by atoms with Gasteiger partial charge >= 0.3 is 0 Å². The van der Waals surface area contributed by atoms with Crippen molar-refractivity contribution in [2.45, 2.75) is 53.5 Å². The van der Waals surface area contributed by atoms with Crippen LogP contribution >= 0.6 is 0 Å². The lowest BCUT2D eigenvalue weighted by Crippen LogP contribution is -2.65. The first-order valence-corrected chi connectivity index (χ1v) is 7.14. The third kappa shape index (κ3) is 1.64. The van der Waals surface area contributed by atoms with Gasteiger partial charge in [0, 0.05) is 5.92 Å². The van der Waals surface area contributed by atoms with Crippen molar-refractivity contribution >= 4 is 17.8 Å². The van der Waals surface area contributed by atoms with Crippen LogP contribution in [0.15, 0.2) is 0 Å². The van der Waals surface area contributed by atoms with Crippen molar-refractivity contribution in [2.24, 2.45) is 22.7 Å². The number of hydrogen-bond donors (Lipinski definition) is 0. The van der Waals surface area contributed by atoms with Crippen molar-refractivity contribution in [2.75, 3.05) is 0 Å². The predicted octanol–water partition coefficient (Wildman–Crippen LogP) is 0.572. The van der Waals surface area contributed by atoms with E-state index < -0.39 is 22.8 Å². The first-order valence-electron chi connectivity index (χ1n) is 7.14. The fourth-order valence-corrected chi connectivity index (χ4v) is 3.79. The normalized spacial score (nSPS) is 33.7. The summed E-state index contributed by atoms with van der Waals surface area (Å²) in [7, 11) is 0. The number of rotatable bonds is 3. The smallest absolute Gasteiger partial charge is 0.236 e. The van der Waals surface area contributed by atoms with Crippen LogP contribution in [0.4, 0.5) is 0 Å². The number of imide groups is 1. The average Bonchev–Trinajstić information content (AvgIpc) is 2.49. The first-order chi connectivity index (χ1) is 9.05. The van der Waals surface area contributed by atoms with E-state index in [9.17, 15) is 19.5 Å². The second-order valence-electron chi connectivity index (χ2n) is 7.17. The van der Waals surface area contributed by atoms with E-state index in [0.29, 0.717) is 12.8 Å². The molecule has 0 radical (unpaired) electrons. The monoisotopic (exact) mass is 280 g/mol. The van der Waals surface area contributed by atoms with Gasteiger partial charge in [-0.2, -0.15) is 0 Å². The molecule has 0 aromatic heterocycles. The molecule has 0 aromatic carbocycles. The van der Waals surface area contributed by atoms with E-state index in [1.807, 2.05) is 20.8 Å².